The van der Waals surface area contributed by atoms with E-state index in [-0.39, 0.29) is 0 Å². The minimum absolute atomic E-state index is 0.836. The zero-order chi connectivity index (χ0) is 15.1. The van der Waals surface area contributed by atoms with Crippen LogP contribution in [0, 0.1) is 6.92 Å². The fraction of sp³-hybridized carbons (Fsp3) is 0.533. The van der Waals surface area contributed by atoms with Crippen LogP contribution in [0.2, 0.25) is 0 Å². The normalized spacial score (nSPS) is 10.6. The second kappa shape index (κ2) is 7.61. The maximum absolute atomic E-state index is 4.59. The van der Waals surface area contributed by atoms with Crippen LogP contribution in [-0.2, 0) is 13.0 Å². The fourth-order valence-corrected chi connectivity index (χ4v) is 2.12. The van der Waals surface area contributed by atoms with Crippen LogP contribution in [-0.4, -0.2) is 32.6 Å². The van der Waals surface area contributed by atoms with Crippen LogP contribution in [0.3, 0.4) is 0 Å². The molecule has 0 atom stereocenters. The third kappa shape index (κ3) is 4.18. The van der Waals surface area contributed by atoms with Crippen LogP contribution < -0.4 is 10.6 Å². The molecule has 2 N–H and O–H groups in total. The van der Waals surface area contributed by atoms with Crippen molar-refractivity contribution in [1.29, 1.82) is 0 Å². The number of anilines is 2. The van der Waals surface area contributed by atoms with Gasteiger partial charge in [-0.3, -0.25) is 0 Å². The molecule has 0 saturated carbocycles. The highest BCUT2D eigenvalue weighted by Crippen LogP contribution is 2.20. The molecule has 0 aliphatic rings. The summed E-state index contributed by atoms with van der Waals surface area (Å²) in [5, 5.41) is 6.72. The molecule has 2 aromatic rings. The van der Waals surface area contributed by atoms with E-state index in [0.29, 0.717) is 0 Å². The first kappa shape index (κ1) is 15.3. The maximum atomic E-state index is 4.59. The first-order valence-corrected chi connectivity index (χ1v) is 7.55. The molecule has 0 unspecified atom stereocenters. The van der Waals surface area contributed by atoms with Crippen LogP contribution in [0.25, 0.3) is 0 Å². The zero-order valence-corrected chi connectivity index (χ0v) is 13.1. The molecule has 0 bridgehead atoms. The highest BCUT2D eigenvalue weighted by Gasteiger charge is 2.09. The van der Waals surface area contributed by atoms with Gasteiger partial charge in [0.05, 0.1) is 6.33 Å². The highest BCUT2D eigenvalue weighted by molar-refractivity contribution is 5.57. The minimum atomic E-state index is 0.836. The monoisotopic (exact) mass is 288 g/mol. The summed E-state index contributed by atoms with van der Waals surface area (Å²) in [5.41, 5.74) is 1.08. The average molecular weight is 288 g/mol. The number of aryl methyl sites for hydroxylation is 2. The van der Waals surface area contributed by atoms with E-state index in [1.54, 1.807) is 6.20 Å². The predicted octanol–water partition coefficient (Wildman–Crippen LogP) is 2.48. The summed E-state index contributed by atoms with van der Waals surface area (Å²) in [5.74, 6) is 2.73. The van der Waals surface area contributed by atoms with Crippen molar-refractivity contribution in [2.24, 2.45) is 0 Å². The Kier molecular flexibility index (Phi) is 5.54. The van der Waals surface area contributed by atoms with Gasteiger partial charge in [0.1, 0.15) is 17.5 Å². The topological polar surface area (TPSA) is 67.7 Å². The smallest absolute Gasteiger partial charge is 0.134 e. The van der Waals surface area contributed by atoms with Gasteiger partial charge < -0.3 is 15.2 Å². The molecule has 0 amide bonds. The van der Waals surface area contributed by atoms with Gasteiger partial charge in [-0.1, -0.05) is 6.92 Å². The minimum Gasteiger partial charge on any atom is -0.370 e. The Hall–Kier alpha value is -2.11. The van der Waals surface area contributed by atoms with E-state index in [4.69, 9.17) is 0 Å². The Bertz CT molecular complexity index is 550. The van der Waals surface area contributed by atoms with E-state index in [0.717, 1.165) is 55.5 Å². The van der Waals surface area contributed by atoms with E-state index < -0.39 is 0 Å². The molecule has 0 fully saturated rings. The molecule has 0 aliphatic carbocycles. The number of hydrogen-bond acceptors (Lipinski definition) is 5. The van der Waals surface area contributed by atoms with E-state index >= 15 is 0 Å². The summed E-state index contributed by atoms with van der Waals surface area (Å²) in [6.07, 6.45) is 7.49. The average Bonchev–Trinajstić information content (AvgIpc) is 3.00. The Morgan fingerprint density at radius 2 is 1.90 bits per heavy atom. The van der Waals surface area contributed by atoms with Crippen LogP contribution in [0.15, 0.2) is 18.7 Å². The lowest BCUT2D eigenvalue weighted by Crippen LogP contribution is -2.12. The number of hydrogen-bond donors (Lipinski definition) is 2. The predicted molar refractivity (Wildman–Crippen MR) is 85.6 cm³/mol. The summed E-state index contributed by atoms with van der Waals surface area (Å²) < 4.78 is 2.08. The van der Waals surface area contributed by atoms with Crippen LogP contribution in [0.1, 0.15) is 31.7 Å². The molecule has 2 rings (SSSR count). The lowest BCUT2D eigenvalue weighted by molar-refractivity contribution is 0.659. The van der Waals surface area contributed by atoms with Gasteiger partial charge in [-0.05, 0) is 20.3 Å². The van der Waals surface area contributed by atoms with Crippen molar-refractivity contribution in [1.82, 2.24) is 19.5 Å². The van der Waals surface area contributed by atoms with Crippen molar-refractivity contribution in [2.45, 2.75) is 40.2 Å². The fourth-order valence-electron chi connectivity index (χ4n) is 2.12. The quantitative estimate of drug-likeness (QED) is 0.730. The summed E-state index contributed by atoms with van der Waals surface area (Å²) in [6, 6.07) is 0. The first-order valence-electron chi connectivity index (χ1n) is 7.55. The molecule has 0 radical (unpaired) electrons. The zero-order valence-electron chi connectivity index (χ0n) is 13.1. The molecule has 0 saturated heterocycles. The van der Waals surface area contributed by atoms with E-state index in [1.165, 1.54) is 0 Å². The van der Waals surface area contributed by atoms with Gasteiger partial charge in [-0.2, -0.15) is 0 Å². The Balaban J connectivity index is 1.96. The van der Waals surface area contributed by atoms with Gasteiger partial charge in [-0.15, -0.1) is 0 Å². The van der Waals surface area contributed by atoms with Crippen LogP contribution >= 0.6 is 0 Å². The number of nitrogens with one attached hydrogen (secondary N) is 2. The van der Waals surface area contributed by atoms with Gasteiger partial charge >= 0.3 is 0 Å². The van der Waals surface area contributed by atoms with Gasteiger partial charge in [0.15, 0.2) is 0 Å². The lowest BCUT2D eigenvalue weighted by atomic mass is 10.2. The van der Waals surface area contributed by atoms with Gasteiger partial charge in [0.2, 0.25) is 0 Å². The van der Waals surface area contributed by atoms with E-state index in [1.807, 2.05) is 12.5 Å². The Morgan fingerprint density at radius 3 is 2.52 bits per heavy atom. The highest BCUT2D eigenvalue weighted by atomic mass is 15.1. The van der Waals surface area contributed by atoms with Gasteiger partial charge in [-0.25, -0.2) is 15.0 Å². The molecule has 21 heavy (non-hydrogen) atoms. The summed E-state index contributed by atoms with van der Waals surface area (Å²) >= 11 is 0. The standard InChI is InChI=1S/C15H24N6/c1-4-13-19-14(17-5-2)12(3)15(20-13)18-7-6-9-21-10-8-16-11-21/h8,10-11H,4-7,9H2,1-3H3,(H2,17,18,19,20). The summed E-state index contributed by atoms with van der Waals surface area (Å²) in [7, 11) is 0. The number of rotatable bonds is 8. The Morgan fingerprint density at radius 1 is 1.14 bits per heavy atom. The van der Waals surface area contributed by atoms with Crippen molar-refractivity contribution in [3.63, 3.8) is 0 Å². The number of nitrogens with zero attached hydrogens (tertiary/aromatic N) is 4. The van der Waals surface area contributed by atoms with Crippen molar-refractivity contribution in [2.75, 3.05) is 23.7 Å². The molecule has 2 aromatic heterocycles. The number of imidazole rings is 1. The van der Waals surface area contributed by atoms with Crippen LogP contribution in [0.4, 0.5) is 11.6 Å². The van der Waals surface area contributed by atoms with Gasteiger partial charge in [0, 0.05) is 44.0 Å². The molecular formula is C15H24N6. The molecule has 6 heteroatoms. The molecule has 6 nitrogen and oxygen atoms in total. The lowest BCUT2D eigenvalue weighted by Gasteiger charge is -2.14. The molecule has 0 spiro atoms. The third-order valence-electron chi connectivity index (χ3n) is 3.30. The molecule has 2 heterocycles. The van der Waals surface area contributed by atoms with Gasteiger partial charge in [0.25, 0.3) is 0 Å². The van der Waals surface area contributed by atoms with Crippen molar-refractivity contribution in [3.05, 3.63) is 30.1 Å². The molecule has 0 aliphatic heterocycles. The van der Waals surface area contributed by atoms with Crippen molar-refractivity contribution < 1.29 is 0 Å². The van der Waals surface area contributed by atoms with Crippen molar-refractivity contribution in [3.8, 4) is 0 Å². The Labute approximate surface area is 126 Å². The van der Waals surface area contributed by atoms with Crippen molar-refractivity contribution >= 4 is 11.6 Å². The number of aromatic nitrogens is 4. The third-order valence-corrected chi connectivity index (χ3v) is 3.30. The largest absolute Gasteiger partial charge is 0.370 e. The first-order chi connectivity index (χ1) is 10.2. The van der Waals surface area contributed by atoms with Crippen LogP contribution in [0.5, 0.6) is 0 Å². The summed E-state index contributed by atoms with van der Waals surface area (Å²) in [6.45, 7) is 8.90. The van der Waals surface area contributed by atoms with E-state index in [2.05, 4.69) is 50.9 Å². The molecule has 114 valence electrons. The second-order valence-corrected chi connectivity index (χ2v) is 4.93. The molecular weight excluding hydrogens is 264 g/mol. The summed E-state index contributed by atoms with van der Waals surface area (Å²) in [4.78, 5) is 13.2. The SMILES string of the molecule is CCNc1nc(CC)nc(NCCCn2ccnc2)c1C. The molecule has 0 aromatic carbocycles. The second-order valence-electron chi connectivity index (χ2n) is 4.93. The maximum Gasteiger partial charge on any atom is 0.134 e. The van der Waals surface area contributed by atoms with E-state index in [9.17, 15) is 0 Å².